The van der Waals surface area contributed by atoms with Gasteiger partial charge in [-0.1, -0.05) is 24.5 Å². The van der Waals surface area contributed by atoms with Crippen molar-refractivity contribution in [1.29, 1.82) is 0 Å². The molecule has 2 aromatic carbocycles. The summed E-state index contributed by atoms with van der Waals surface area (Å²) >= 11 is 0. The molecule has 4 aliphatic heterocycles. The lowest BCUT2D eigenvalue weighted by atomic mass is 9.94. The van der Waals surface area contributed by atoms with Crippen molar-refractivity contribution in [3.8, 4) is 35.4 Å². The third kappa shape index (κ3) is 4.52. The Labute approximate surface area is 254 Å². The highest BCUT2D eigenvalue weighted by Crippen LogP contribution is 2.42. The molecule has 6 heterocycles. The zero-order valence-electron chi connectivity index (χ0n) is 24.4. The SMILES string of the molecule is C#Cc1cccc2cc(O)cc(-c3ncc4c(N5CC6CCCC(C5)N6)nc(OC[C@@]56CCCN5C[C@H](F)C6)nc4c3F)c12. The minimum atomic E-state index is -0.886. The third-order valence-electron chi connectivity index (χ3n) is 10.0. The van der Waals surface area contributed by atoms with Crippen LogP contribution >= 0.6 is 0 Å². The van der Waals surface area contributed by atoms with Crippen LogP contribution in [-0.2, 0) is 0 Å². The van der Waals surface area contributed by atoms with Gasteiger partial charge in [-0.05, 0) is 55.8 Å². The van der Waals surface area contributed by atoms with Crippen molar-refractivity contribution in [2.24, 2.45) is 0 Å². The largest absolute Gasteiger partial charge is 0.508 e. The van der Waals surface area contributed by atoms with Crippen molar-refractivity contribution in [1.82, 2.24) is 25.2 Å². The fraction of sp³-hybridized carbons (Fsp3) is 0.441. The van der Waals surface area contributed by atoms with Crippen LogP contribution in [0.5, 0.6) is 11.8 Å². The van der Waals surface area contributed by atoms with Gasteiger partial charge in [-0.25, -0.2) is 8.78 Å². The van der Waals surface area contributed by atoms with E-state index in [1.54, 1.807) is 24.4 Å². The van der Waals surface area contributed by atoms with Crippen LogP contribution in [0, 0.1) is 18.2 Å². The van der Waals surface area contributed by atoms with E-state index in [4.69, 9.17) is 16.1 Å². The Kier molecular flexibility index (Phi) is 6.58. The molecule has 10 heteroatoms. The Morgan fingerprint density at radius 3 is 2.80 bits per heavy atom. The summed E-state index contributed by atoms with van der Waals surface area (Å²) in [7, 11) is 0. The monoisotopic (exact) mass is 596 g/mol. The number of pyridine rings is 1. The van der Waals surface area contributed by atoms with Crippen molar-refractivity contribution in [3.05, 3.63) is 47.9 Å². The molecular formula is C34H34F2N6O2. The van der Waals surface area contributed by atoms with Gasteiger partial charge in [0.2, 0.25) is 0 Å². The molecule has 4 aromatic rings. The molecule has 8 nitrogen and oxygen atoms in total. The molecule has 2 N–H and O–H groups in total. The lowest BCUT2D eigenvalue weighted by Gasteiger charge is -2.43. The number of piperazine rings is 1. The standard InChI is InChI=1S/C34H34F2N6O2/c1-2-20-6-3-7-21-12-25(43)13-26(28(20)21)30-29(36)31-27(15-37-30)32(41-17-23-8-4-9-24(18-41)38-23)40-33(39-31)44-19-34-10-5-11-42(34)16-22(35)14-34/h1,3,6-7,12-13,15,22-24,38,43H,4-5,8-11,14,16-19H2/t22-,23?,24?,34+/m1/s1. The van der Waals surface area contributed by atoms with Crippen LogP contribution < -0.4 is 15.0 Å². The van der Waals surface area contributed by atoms with E-state index in [9.17, 15) is 9.50 Å². The summed E-state index contributed by atoms with van der Waals surface area (Å²) in [6.45, 7) is 2.97. The predicted molar refractivity (Wildman–Crippen MR) is 165 cm³/mol. The first-order valence-electron chi connectivity index (χ1n) is 15.5. The molecule has 4 fully saturated rings. The van der Waals surface area contributed by atoms with Gasteiger partial charge < -0.3 is 20.1 Å². The highest BCUT2D eigenvalue weighted by Gasteiger charge is 2.49. The number of halogens is 2. The molecule has 4 aliphatic rings. The first-order valence-corrected chi connectivity index (χ1v) is 15.5. The van der Waals surface area contributed by atoms with E-state index in [0.29, 0.717) is 58.2 Å². The van der Waals surface area contributed by atoms with E-state index < -0.39 is 17.5 Å². The number of alkyl halides is 1. The number of aromatic hydroxyl groups is 1. The normalized spacial score (nSPS) is 26.7. The number of benzene rings is 2. The molecule has 4 atom stereocenters. The van der Waals surface area contributed by atoms with E-state index in [0.717, 1.165) is 45.3 Å². The lowest BCUT2D eigenvalue weighted by molar-refractivity contribution is 0.107. The lowest BCUT2D eigenvalue weighted by Crippen LogP contribution is -2.59. The minimum Gasteiger partial charge on any atom is -0.508 e. The van der Waals surface area contributed by atoms with E-state index in [2.05, 4.69) is 31.0 Å². The first kappa shape index (κ1) is 27.5. The molecule has 0 radical (unpaired) electrons. The van der Waals surface area contributed by atoms with Gasteiger partial charge in [0, 0.05) is 60.8 Å². The number of nitrogens with zero attached hydrogens (tertiary/aromatic N) is 5. The second kappa shape index (κ2) is 10.5. The molecule has 2 aromatic heterocycles. The number of anilines is 1. The topological polar surface area (TPSA) is 86.6 Å². The highest BCUT2D eigenvalue weighted by atomic mass is 19.1. The summed E-state index contributed by atoms with van der Waals surface area (Å²) in [6, 6.07) is 9.20. The number of aromatic nitrogens is 3. The summed E-state index contributed by atoms with van der Waals surface area (Å²) in [5.74, 6) is 2.60. The summed E-state index contributed by atoms with van der Waals surface area (Å²) in [4.78, 5) is 18.4. The van der Waals surface area contributed by atoms with Crippen molar-refractivity contribution in [3.63, 3.8) is 0 Å². The van der Waals surface area contributed by atoms with Gasteiger partial charge in [0.05, 0.1) is 10.9 Å². The number of rotatable bonds is 5. The van der Waals surface area contributed by atoms with E-state index in [-0.39, 0.29) is 29.6 Å². The maximum Gasteiger partial charge on any atom is 0.319 e. The van der Waals surface area contributed by atoms with Crippen molar-refractivity contribution < 1.29 is 18.6 Å². The Morgan fingerprint density at radius 2 is 1.98 bits per heavy atom. The van der Waals surface area contributed by atoms with Crippen molar-refractivity contribution >= 4 is 27.5 Å². The second-order valence-corrected chi connectivity index (χ2v) is 12.8. The summed E-state index contributed by atoms with van der Waals surface area (Å²) in [6.07, 6.45) is 12.1. The number of hydrogen-bond acceptors (Lipinski definition) is 8. The van der Waals surface area contributed by atoms with Crippen molar-refractivity contribution in [2.45, 2.75) is 62.3 Å². The molecule has 8 rings (SSSR count). The second-order valence-electron chi connectivity index (χ2n) is 12.8. The molecule has 0 saturated carbocycles. The van der Waals surface area contributed by atoms with Gasteiger partial charge in [0.15, 0.2) is 5.82 Å². The van der Waals surface area contributed by atoms with Crippen LogP contribution in [0.15, 0.2) is 36.5 Å². The predicted octanol–water partition coefficient (Wildman–Crippen LogP) is 4.96. The van der Waals surface area contributed by atoms with Gasteiger partial charge >= 0.3 is 6.01 Å². The number of terminal acetylenes is 1. The zero-order valence-corrected chi connectivity index (χ0v) is 24.4. The molecule has 226 valence electrons. The number of hydrogen-bond donors (Lipinski definition) is 2. The summed E-state index contributed by atoms with van der Waals surface area (Å²) in [5.41, 5.74) is 0.682. The van der Waals surface area contributed by atoms with E-state index in [1.165, 1.54) is 12.5 Å². The number of nitrogens with one attached hydrogen (secondary N) is 1. The Bertz CT molecular complexity index is 1820. The maximum absolute atomic E-state index is 16.8. The number of fused-ring (bicyclic) bond motifs is 5. The Hall–Kier alpha value is -4.07. The number of phenols is 1. The van der Waals surface area contributed by atoms with Gasteiger partial charge in [-0.3, -0.25) is 9.88 Å². The van der Waals surface area contributed by atoms with Gasteiger partial charge in [-0.15, -0.1) is 6.42 Å². The third-order valence-corrected chi connectivity index (χ3v) is 10.0. The molecule has 0 spiro atoms. The molecule has 2 bridgehead atoms. The Morgan fingerprint density at radius 1 is 1.14 bits per heavy atom. The molecule has 2 unspecified atom stereocenters. The van der Waals surface area contributed by atoms with Crippen LogP contribution in [0.4, 0.5) is 14.6 Å². The number of phenolic OH excluding ortho intramolecular Hbond substituents is 1. The van der Waals surface area contributed by atoms with Gasteiger partial charge in [0.1, 0.15) is 35.6 Å². The molecule has 0 aliphatic carbocycles. The molecular weight excluding hydrogens is 562 g/mol. The van der Waals surface area contributed by atoms with Gasteiger partial charge in [0.25, 0.3) is 0 Å². The van der Waals surface area contributed by atoms with Crippen LogP contribution in [0.2, 0.25) is 0 Å². The number of piperidine rings is 1. The van der Waals surface area contributed by atoms with Crippen LogP contribution in [0.1, 0.15) is 44.1 Å². The van der Waals surface area contributed by atoms with Crippen LogP contribution in [0.3, 0.4) is 0 Å². The van der Waals surface area contributed by atoms with E-state index >= 15 is 4.39 Å². The Balaban J connectivity index is 1.26. The number of ether oxygens (including phenoxy) is 1. The average molecular weight is 597 g/mol. The van der Waals surface area contributed by atoms with E-state index in [1.807, 2.05) is 6.07 Å². The maximum atomic E-state index is 16.8. The molecule has 44 heavy (non-hydrogen) atoms. The van der Waals surface area contributed by atoms with Crippen molar-refractivity contribution in [2.75, 3.05) is 37.7 Å². The minimum absolute atomic E-state index is 0.0224. The molecule has 0 amide bonds. The zero-order chi connectivity index (χ0) is 30.0. The highest BCUT2D eigenvalue weighted by molar-refractivity contribution is 6.02. The fourth-order valence-electron chi connectivity index (χ4n) is 8.06. The van der Waals surface area contributed by atoms with Crippen LogP contribution in [0.25, 0.3) is 32.9 Å². The molecule has 4 saturated heterocycles. The summed E-state index contributed by atoms with van der Waals surface area (Å²) < 4.78 is 37.5. The summed E-state index contributed by atoms with van der Waals surface area (Å²) in [5, 5.41) is 16.0. The quantitative estimate of drug-likeness (QED) is 0.313. The van der Waals surface area contributed by atoms with Gasteiger partial charge in [-0.2, -0.15) is 9.97 Å². The van der Waals surface area contributed by atoms with Crippen LogP contribution in [-0.4, -0.2) is 81.5 Å². The first-order chi connectivity index (χ1) is 21.4. The smallest absolute Gasteiger partial charge is 0.319 e. The average Bonchev–Trinajstić information content (AvgIpc) is 3.54. The fourth-order valence-corrected chi connectivity index (χ4v) is 8.06.